The molecule has 4 unspecified atom stereocenters. The topological polar surface area (TPSA) is 553 Å². The van der Waals surface area contributed by atoms with Gasteiger partial charge in [-0.25, -0.2) is 42.8 Å². The van der Waals surface area contributed by atoms with Crippen molar-refractivity contribution >= 4 is 82.5 Å². The summed E-state index contributed by atoms with van der Waals surface area (Å²) in [6.07, 6.45) is -13.8. The Morgan fingerprint density at radius 1 is 0.699 bits per heavy atom. The van der Waals surface area contributed by atoms with Crippen LogP contribution in [0.2, 0.25) is 0 Å². The standard InChI is InChI=1S/C31H41N15O23P4/c1-43-9-46(24-16(43)26(52)42-31(34)40-24)29-20(50)18(48)13(66-29)5-63-72(57,58)69-73(59,60)68-71(55,56)61-3-10-2-11(27(64-10)44-7-37-14-21(32)35-6-36-22(14)44)67-70(53,54)62-4-12-17(47)19(49)28(65-12)45-8-38-15-23(45)39-30(33)41-25(15)51/h6-13,17-20,27-29,47-50H,2-5H2,1H3,(H11-,32,33,34,35,36,39,40,41,42,51,52,53,54,55,56,57,58,59,60)/p+1/t10-,11+,12+,13+,17+,18+,19+,20+,27+,28+,29+/m0/s1. The first-order chi connectivity index (χ1) is 34.2. The van der Waals surface area contributed by atoms with E-state index in [0.717, 1.165) is 28.1 Å². The number of aliphatic hydroxyl groups excluding tert-OH is 4. The number of nitrogen functional groups attached to an aromatic ring is 3. The predicted molar refractivity (Wildman–Crippen MR) is 233 cm³/mol. The van der Waals surface area contributed by atoms with Gasteiger partial charge in [-0.15, -0.1) is 0 Å². The highest BCUT2D eigenvalue weighted by atomic mass is 31.3. The van der Waals surface area contributed by atoms with Crippen LogP contribution < -0.4 is 32.9 Å². The number of hydrogen-bond donors (Lipinski definition) is 13. The number of rotatable bonds is 18. The second-order valence-corrected chi connectivity index (χ2v) is 22.2. The highest BCUT2D eigenvalue weighted by Crippen LogP contribution is 2.68. The van der Waals surface area contributed by atoms with Gasteiger partial charge in [0.2, 0.25) is 17.7 Å². The number of nitrogens with zero attached hydrogens (tertiary/aromatic N) is 10. The minimum absolute atomic E-state index is 0.00581. The van der Waals surface area contributed by atoms with Crippen LogP contribution in [0.3, 0.4) is 0 Å². The minimum Gasteiger partial charge on any atom is -0.387 e. The van der Waals surface area contributed by atoms with Crippen LogP contribution in [-0.2, 0) is 66.2 Å². The van der Waals surface area contributed by atoms with Crippen LogP contribution in [0.1, 0.15) is 25.1 Å². The molecule has 16 N–H and O–H groups in total. The maximum absolute atomic E-state index is 13.5. The Bertz CT molecular complexity index is 3410. The van der Waals surface area contributed by atoms with Crippen LogP contribution in [-0.4, -0.2) is 162 Å². The number of hydrogen-bond acceptors (Lipinski definition) is 28. The Hall–Kier alpha value is -5.11. The molecular weight excluding hydrogens is 1070 g/mol. The molecule has 15 atom stereocenters. The molecule has 0 amide bonds. The zero-order chi connectivity index (χ0) is 52.7. The van der Waals surface area contributed by atoms with Gasteiger partial charge in [-0.05, 0) is 0 Å². The van der Waals surface area contributed by atoms with Crippen LogP contribution in [0.25, 0.3) is 33.5 Å². The Morgan fingerprint density at radius 2 is 1.29 bits per heavy atom. The highest BCUT2D eigenvalue weighted by molar-refractivity contribution is 7.66. The van der Waals surface area contributed by atoms with Crippen LogP contribution >= 0.6 is 31.3 Å². The van der Waals surface area contributed by atoms with E-state index < -0.39 is 136 Å². The number of aromatic amines is 2. The van der Waals surface area contributed by atoms with E-state index in [1.54, 1.807) is 0 Å². The number of aliphatic hydroxyl groups is 4. The van der Waals surface area contributed by atoms with Crippen molar-refractivity contribution in [2.75, 3.05) is 37.0 Å². The lowest BCUT2D eigenvalue weighted by molar-refractivity contribution is -0.745. The SMILES string of the molecule is Cn1c[n+]([C@@H]2O[C@H](COP(=O)(O)OP(=O)(O)OP(=O)(O)OC[C@@H]3C[C@@H](OP(=O)(O)OC[C@H]4O[C@@H](n5cnc6c(=O)[nH]c(N)nc65)[C@H](O)[C@@H]4O)[C@H](n4cnc5c(N)ncnc54)O3)[C@@H](O)[C@H]2O)c2nc(N)[nH]c(=O)c21. The van der Waals surface area contributed by atoms with E-state index in [-0.39, 0.29) is 51.2 Å². The Balaban J connectivity index is 0.821. The molecule has 38 nitrogen and oxygen atoms in total. The zero-order valence-electron chi connectivity index (χ0n) is 36.7. The van der Waals surface area contributed by atoms with Crippen LogP contribution in [0, 0.1) is 0 Å². The van der Waals surface area contributed by atoms with E-state index in [1.165, 1.54) is 22.5 Å². The quantitative estimate of drug-likeness (QED) is 0.0286. The van der Waals surface area contributed by atoms with E-state index in [0.29, 0.717) is 0 Å². The number of imidazole rings is 3. The number of nitrogens with one attached hydrogen (secondary N) is 2. The van der Waals surface area contributed by atoms with Gasteiger partial charge in [-0.1, -0.05) is 4.98 Å². The van der Waals surface area contributed by atoms with Gasteiger partial charge >= 0.3 is 36.9 Å². The fourth-order valence-corrected chi connectivity index (χ4v) is 12.5. The van der Waals surface area contributed by atoms with Crippen molar-refractivity contribution < 1.29 is 104 Å². The summed E-state index contributed by atoms with van der Waals surface area (Å²) in [6.45, 7) is -3.07. The van der Waals surface area contributed by atoms with Crippen molar-refractivity contribution in [3.8, 4) is 0 Å². The second kappa shape index (κ2) is 19.5. The average Bonchev–Trinajstić information content (AvgIpc) is 4.14. The first kappa shape index (κ1) is 52.7. The summed E-state index contributed by atoms with van der Waals surface area (Å²) in [4.78, 5) is 95.0. The number of anilines is 3. The first-order valence-corrected chi connectivity index (χ1v) is 26.6. The molecule has 0 spiro atoms. The number of phosphoric acid groups is 4. The van der Waals surface area contributed by atoms with Crippen molar-refractivity contribution in [1.29, 1.82) is 0 Å². The Labute approximate surface area is 403 Å². The molecule has 0 radical (unpaired) electrons. The molecule has 9 rings (SSSR count). The largest absolute Gasteiger partial charge is 0.490 e. The number of phosphoric ester groups is 3. The van der Waals surface area contributed by atoms with Crippen LogP contribution in [0.15, 0.2) is 34.9 Å². The van der Waals surface area contributed by atoms with Crippen molar-refractivity contribution in [1.82, 2.24) is 53.6 Å². The van der Waals surface area contributed by atoms with Gasteiger partial charge in [0.15, 0.2) is 41.4 Å². The van der Waals surface area contributed by atoms with E-state index in [1.807, 2.05) is 0 Å². The van der Waals surface area contributed by atoms with Gasteiger partial charge in [0.1, 0.15) is 54.6 Å². The smallest absolute Gasteiger partial charge is 0.387 e. The van der Waals surface area contributed by atoms with Crippen molar-refractivity contribution in [2.24, 2.45) is 7.05 Å². The molecule has 398 valence electrons. The third-order valence-corrected chi connectivity index (χ3v) is 16.4. The number of aryl methyl sites for hydroxylation is 1. The van der Waals surface area contributed by atoms with Gasteiger partial charge in [0.05, 0.1) is 45.6 Å². The molecule has 3 fully saturated rings. The third-order valence-electron chi connectivity index (χ3n) is 11.2. The lowest BCUT2D eigenvalue weighted by Crippen LogP contribution is -2.46. The number of nitrogens with two attached hydrogens (primary N) is 3. The lowest BCUT2D eigenvalue weighted by Gasteiger charge is -2.23. The molecule has 6 aromatic rings. The molecule has 73 heavy (non-hydrogen) atoms. The van der Waals surface area contributed by atoms with Gasteiger partial charge in [-0.3, -0.25) is 51.4 Å². The Kier molecular flexibility index (Phi) is 14.1. The van der Waals surface area contributed by atoms with E-state index in [9.17, 15) is 67.8 Å². The number of fused-ring (bicyclic) bond motifs is 3. The highest BCUT2D eigenvalue weighted by Gasteiger charge is 2.51. The molecule has 42 heteroatoms. The molecule has 3 saturated heterocycles. The summed E-state index contributed by atoms with van der Waals surface area (Å²) in [5, 5.41) is 43.0. The summed E-state index contributed by atoms with van der Waals surface area (Å²) < 4.78 is 102. The molecule has 0 aromatic carbocycles. The van der Waals surface area contributed by atoms with Gasteiger partial charge in [-0.2, -0.15) is 13.6 Å². The number of ether oxygens (including phenoxy) is 3. The second-order valence-electron chi connectivity index (χ2n) is 16.2. The van der Waals surface area contributed by atoms with Crippen molar-refractivity contribution in [3.05, 3.63) is 46.0 Å². The molecule has 0 bridgehead atoms. The van der Waals surface area contributed by atoms with Gasteiger partial charge < -0.3 is 71.4 Å². The van der Waals surface area contributed by atoms with Crippen molar-refractivity contribution in [3.63, 3.8) is 0 Å². The molecule has 3 aliphatic heterocycles. The lowest BCUT2D eigenvalue weighted by atomic mass is 10.1. The van der Waals surface area contributed by atoms with E-state index in [2.05, 4.69) is 53.0 Å². The molecule has 3 aliphatic rings. The summed E-state index contributed by atoms with van der Waals surface area (Å²) in [6, 6.07) is 0. The zero-order valence-corrected chi connectivity index (χ0v) is 40.3. The van der Waals surface area contributed by atoms with E-state index >= 15 is 0 Å². The summed E-state index contributed by atoms with van der Waals surface area (Å²) >= 11 is 0. The Morgan fingerprint density at radius 3 is 1.99 bits per heavy atom. The minimum atomic E-state index is -6.11. The monoisotopic (exact) mass is 1120 g/mol. The molecular formula is C31H42N15O23P4+. The third kappa shape index (κ3) is 10.7. The van der Waals surface area contributed by atoms with Crippen molar-refractivity contribution in [2.45, 2.75) is 73.9 Å². The fraction of sp³-hybridized carbons (Fsp3) is 0.516. The number of H-pyrrole nitrogens is 2. The molecule has 0 saturated carbocycles. The summed E-state index contributed by atoms with van der Waals surface area (Å²) in [5.74, 6) is -0.693. The molecule has 0 aliphatic carbocycles. The van der Waals surface area contributed by atoms with Crippen LogP contribution in [0.4, 0.5) is 17.7 Å². The van der Waals surface area contributed by atoms with Gasteiger partial charge in [0, 0.05) is 6.42 Å². The molecule has 6 aromatic heterocycles. The first-order valence-electron chi connectivity index (χ1n) is 20.7. The predicted octanol–water partition coefficient (Wildman–Crippen LogP) is -4.34. The normalized spacial score (nSPS) is 30.0. The summed E-state index contributed by atoms with van der Waals surface area (Å²) in [5.41, 5.74) is 15.4. The van der Waals surface area contributed by atoms with E-state index in [4.69, 9.17) is 45.0 Å². The summed E-state index contributed by atoms with van der Waals surface area (Å²) in [7, 11) is -21.5. The average molecular weight is 1120 g/mol. The molecule has 9 heterocycles. The maximum atomic E-state index is 13.5. The number of aromatic nitrogens is 12. The maximum Gasteiger partial charge on any atom is 0.490 e. The van der Waals surface area contributed by atoms with Gasteiger partial charge in [0.25, 0.3) is 17.1 Å². The fourth-order valence-electron chi connectivity index (χ4n) is 8.03. The van der Waals surface area contributed by atoms with Crippen LogP contribution in [0.5, 0.6) is 0 Å².